The van der Waals surface area contributed by atoms with E-state index in [1.807, 2.05) is 6.07 Å². The Balaban J connectivity index is 1.23. The molecule has 0 aliphatic rings. The van der Waals surface area contributed by atoms with Crippen LogP contribution in [0.25, 0.3) is 77.2 Å². The fourth-order valence-electron chi connectivity index (χ4n) is 7.16. The van der Waals surface area contributed by atoms with Gasteiger partial charge in [-0.1, -0.05) is 109 Å². The number of hydrogen-bond acceptors (Lipinski definition) is 1. The lowest BCUT2D eigenvalue weighted by Crippen LogP contribution is -1.98. The van der Waals surface area contributed by atoms with Crippen molar-refractivity contribution < 1.29 is 0 Å². The number of nitriles is 1. The van der Waals surface area contributed by atoms with E-state index in [2.05, 4.69) is 173 Å². The van der Waals surface area contributed by atoms with Gasteiger partial charge in [-0.2, -0.15) is 5.26 Å². The summed E-state index contributed by atoms with van der Waals surface area (Å²) in [6.45, 7) is 0. The highest BCUT2D eigenvalue weighted by molar-refractivity contribution is 6.10. The van der Waals surface area contributed by atoms with Crippen LogP contribution in [0, 0.1) is 11.3 Å². The minimum absolute atomic E-state index is 0.650. The molecule has 0 saturated heterocycles. The second-order valence-corrected chi connectivity index (χ2v) is 11.7. The zero-order chi connectivity index (χ0) is 30.6. The van der Waals surface area contributed by atoms with Crippen LogP contribution < -0.4 is 0 Å². The van der Waals surface area contributed by atoms with E-state index in [9.17, 15) is 5.26 Å². The van der Waals surface area contributed by atoms with Crippen LogP contribution in [0.15, 0.2) is 164 Å². The normalized spacial score (nSPS) is 11.5. The van der Waals surface area contributed by atoms with Crippen LogP contribution in [0.2, 0.25) is 0 Å². The maximum Gasteiger partial charge on any atom is 0.0998 e. The highest BCUT2D eigenvalue weighted by atomic mass is 15.0. The van der Waals surface area contributed by atoms with E-state index in [4.69, 9.17) is 0 Å². The molecule has 0 spiro atoms. The van der Waals surface area contributed by atoms with Gasteiger partial charge in [0.1, 0.15) is 0 Å². The fraction of sp³-hybridized carbons (Fsp3) is 0. The molecule has 0 radical (unpaired) electrons. The van der Waals surface area contributed by atoms with Crippen molar-refractivity contribution in [3.63, 3.8) is 0 Å². The van der Waals surface area contributed by atoms with Gasteiger partial charge in [-0.15, -0.1) is 0 Å². The molecule has 2 aromatic heterocycles. The van der Waals surface area contributed by atoms with Gasteiger partial charge in [-0.05, 0) is 65.7 Å². The third-order valence-electron chi connectivity index (χ3n) is 9.17. The van der Waals surface area contributed by atoms with Crippen LogP contribution in [0.1, 0.15) is 5.56 Å². The van der Waals surface area contributed by atoms with E-state index in [1.165, 1.54) is 32.6 Å². The van der Waals surface area contributed by atoms with Crippen LogP contribution in [-0.2, 0) is 0 Å². The van der Waals surface area contributed by atoms with Crippen LogP contribution in [0.4, 0.5) is 0 Å². The molecule has 0 saturated carbocycles. The lowest BCUT2D eigenvalue weighted by molar-refractivity contribution is 1.18. The van der Waals surface area contributed by atoms with Gasteiger partial charge in [-0.25, -0.2) is 0 Å². The van der Waals surface area contributed by atoms with Crippen molar-refractivity contribution in [2.24, 2.45) is 0 Å². The average Bonchev–Trinajstić information content (AvgIpc) is 3.64. The maximum atomic E-state index is 10.2. The van der Waals surface area contributed by atoms with Gasteiger partial charge in [0.25, 0.3) is 0 Å². The molecule has 214 valence electrons. The van der Waals surface area contributed by atoms with E-state index >= 15 is 0 Å². The van der Waals surface area contributed by atoms with Gasteiger partial charge >= 0.3 is 0 Å². The Hall–Kier alpha value is -6.37. The van der Waals surface area contributed by atoms with E-state index < -0.39 is 0 Å². The molecule has 0 aliphatic carbocycles. The first kappa shape index (κ1) is 26.1. The molecular weight excluding hydrogens is 558 g/mol. The Bertz CT molecular complexity index is 2560. The molecule has 0 atom stereocenters. The minimum atomic E-state index is 0.650. The summed E-state index contributed by atoms with van der Waals surface area (Å²) in [5.74, 6) is 0. The lowest BCUT2D eigenvalue weighted by Gasteiger charge is -2.16. The molecule has 2 heterocycles. The first-order chi connectivity index (χ1) is 22.8. The summed E-state index contributed by atoms with van der Waals surface area (Å²) in [6.07, 6.45) is 0. The van der Waals surface area contributed by atoms with E-state index in [0.29, 0.717) is 5.56 Å². The van der Waals surface area contributed by atoms with Crippen molar-refractivity contribution in [2.75, 3.05) is 0 Å². The van der Waals surface area contributed by atoms with Gasteiger partial charge in [0.15, 0.2) is 0 Å². The Morgan fingerprint density at radius 2 is 0.870 bits per heavy atom. The van der Waals surface area contributed by atoms with Crippen molar-refractivity contribution in [2.45, 2.75) is 0 Å². The summed E-state index contributed by atoms with van der Waals surface area (Å²) < 4.78 is 4.67. The van der Waals surface area contributed by atoms with Crippen molar-refractivity contribution >= 4 is 43.6 Å². The number of hydrogen-bond donors (Lipinski definition) is 0. The molecule has 9 rings (SSSR count). The Labute approximate surface area is 266 Å². The quantitative estimate of drug-likeness (QED) is 0.202. The summed E-state index contributed by atoms with van der Waals surface area (Å²) in [6, 6.07) is 60.1. The van der Waals surface area contributed by atoms with E-state index in [0.717, 1.165) is 44.7 Å². The third-order valence-corrected chi connectivity index (χ3v) is 9.17. The van der Waals surface area contributed by atoms with E-state index in [-0.39, 0.29) is 0 Å². The first-order valence-electron chi connectivity index (χ1n) is 15.5. The highest BCUT2D eigenvalue weighted by Crippen LogP contribution is 2.38. The lowest BCUT2D eigenvalue weighted by atomic mass is 9.95. The van der Waals surface area contributed by atoms with E-state index in [1.54, 1.807) is 0 Å². The Morgan fingerprint density at radius 3 is 1.43 bits per heavy atom. The molecular formula is C43H27N3. The Kier molecular flexibility index (Phi) is 5.88. The molecule has 3 nitrogen and oxygen atoms in total. The molecule has 46 heavy (non-hydrogen) atoms. The second kappa shape index (κ2) is 10.4. The predicted molar refractivity (Wildman–Crippen MR) is 191 cm³/mol. The molecule has 0 fully saturated rings. The van der Waals surface area contributed by atoms with Gasteiger partial charge < -0.3 is 9.13 Å². The van der Waals surface area contributed by atoms with Crippen LogP contribution in [0.5, 0.6) is 0 Å². The average molecular weight is 586 g/mol. The van der Waals surface area contributed by atoms with Gasteiger partial charge in [-0.3, -0.25) is 0 Å². The number of rotatable bonds is 4. The molecule has 3 heteroatoms. The number of nitrogens with zero attached hydrogens (tertiary/aromatic N) is 3. The second-order valence-electron chi connectivity index (χ2n) is 11.7. The zero-order valence-corrected chi connectivity index (χ0v) is 24.9. The smallest absolute Gasteiger partial charge is 0.0998 e. The molecule has 0 unspecified atom stereocenters. The summed E-state index contributed by atoms with van der Waals surface area (Å²) in [7, 11) is 0. The molecule has 0 bridgehead atoms. The number of fused-ring (bicyclic) bond motifs is 6. The molecule has 9 aromatic rings. The van der Waals surface area contributed by atoms with Gasteiger partial charge in [0, 0.05) is 38.4 Å². The van der Waals surface area contributed by atoms with Crippen LogP contribution in [0.3, 0.4) is 0 Å². The molecule has 7 aromatic carbocycles. The standard InChI is InChI=1S/C43H27N3/c44-28-31-24-25-32(45-40-20-7-2-15-34(40)35-16-3-8-21-41(35)45)27-38(31)30-13-11-12-29(26-30)33-14-1-6-19-39(33)46-42-22-9-4-17-36(42)37-18-5-10-23-43(37)46/h1-27H. The van der Waals surface area contributed by atoms with Gasteiger partial charge in [0.2, 0.25) is 0 Å². The topological polar surface area (TPSA) is 33.6 Å². The Morgan fingerprint density at radius 1 is 0.391 bits per heavy atom. The number of benzene rings is 7. The van der Waals surface area contributed by atoms with Crippen molar-refractivity contribution in [1.82, 2.24) is 9.13 Å². The monoisotopic (exact) mass is 585 g/mol. The molecule has 0 aliphatic heterocycles. The summed E-state index contributed by atoms with van der Waals surface area (Å²) in [5.41, 5.74) is 11.6. The van der Waals surface area contributed by atoms with Crippen molar-refractivity contribution in [3.8, 4) is 39.7 Å². The zero-order valence-electron chi connectivity index (χ0n) is 24.9. The first-order valence-corrected chi connectivity index (χ1v) is 15.5. The number of para-hydroxylation sites is 5. The predicted octanol–water partition coefficient (Wildman–Crippen LogP) is 11.1. The maximum absolute atomic E-state index is 10.2. The summed E-state index contributed by atoms with van der Waals surface area (Å²) in [4.78, 5) is 0. The summed E-state index contributed by atoms with van der Waals surface area (Å²) in [5, 5.41) is 15.1. The van der Waals surface area contributed by atoms with Crippen LogP contribution in [-0.4, -0.2) is 9.13 Å². The van der Waals surface area contributed by atoms with Crippen LogP contribution >= 0.6 is 0 Å². The molecule has 0 amide bonds. The van der Waals surface area contributed by atoms with Crippen molar-refractivity contribution in [3.05, 3.63) is 169 Å². The largest absolute Gasteiger partial charge is 0.309 e. The molecule has 0 N–H and O–H groups in total. The van der Waals surface area contributed by atoms with Gasteiger partial charge in [0.05, 0.1) is 39.4 Å². The van der Waals surface area contributed by atoms with Crippen molar-refractivity contribution in [1.29, 1.82) is 5.26 Å². The summed E-state index contributed by atoms with van der Waals surface area (Å²) >= 11 is 0. The number of aromatic nitrogens is 2. The SMILES string of the molecule is N#Cc1ccc(-n2c3ccccc3c3ccccc32)cc1-c1cccc(-c2ccccc2-n2c3ccccc3c3ccccc32)c1. The highest BCUT2D eigenvalue weighted by Gasteiger charge is 2.17. The third kappa shape index (κ3) is 3.91. The fourth-order valence-corrected chi connectivity index (χ4v) is 7.16. The minimum Gasteiger partial charge on any atom is -0.309 e.